The van der Waals surface area contributed by atoms with E-state index in [0.29, 0.717) is 18.8 Å². The van der Waals surface area contributed by atoms with Crippen molar-refractivity contribution in [2.24, 2.45) is 0 Å². The smallest absolute Gasteiger partial charge is 0.120 e. The van der Waals surface area contributed by atoms with Crippen LogP contribution in [0.5, 0.6) is 5.75 Å². The average molecular weight is 223 g/mol. The van der Waals surface area contributed by atoms with Crippen LogP contribution in [0.1, 0.15) is 32.3 Å². The van der Waals surface area contributed by atoms with Crippen LogP contribution in [0.15, 0.2) is 24.3 Å². The zero-order valence-corrected chi connectivity index (χ0v) is 10.0. The van der Waals surface area contributed by atoms with E-state index in [1.807, 2.05) is 19.1 Å². The molecule has 3 heteroatoms. The fourth-order valence-electron chi connectivity index (χ4n) is 1.75. The Morgan fingerprint density at radius 2 is 2.00 bits per heavy atom. The Morgan fingerprint density at radius 3 is 2.62 bits per heavy atom. The van der Waals surface area contributed by atoms with Gasteiger partial charge in [0.15, 0.2) is 0 Å². The quantitative estimate of drug-likeness (QED) is 0.691. The van der Waals surface area contributed by atoms with Crippen molar-refractivity contribution in [3.63, 3.8) is 0 Å². The van der Waals surface area contributed by atoms with E-state index in [4.69, 9.17) is 0 Å². The van der Waals surface area contributed by atoms with E-state index in [2.05, 4.69) is 12.2 Å². The first-order valence-corrected chi connectivity index (χ1v) is 5.75. The van der Waals surface area contributed by atoms with Crippen LogP contribution in [0, 0.1) is 0 Å². The fourth-order valence-corrected chi connectivity index (χ4v) is 1.75. The van der Waals surface area contributed by atoms with Gasteiger partial charge in [-0.3, -0.25) is 0 Å². The predicted octanol–water partition coefficient (Wildman–Crippen LogP) is 2.03. The van der Waals surface area contributed by atoms with Gasteiger partial charge in [0.1, 0.15) is 5.75 Å². The third kappa shape index (κ3) is 4.21. The second kappa shape index (κ2) is 5.87. The van der Waals surface area contributed by atoms with Gasteiger partial charge in [0.2, 0.25) is 0 Å². The topological polar surface area (TPSA) is 52.5 Å². The second-order valence-electron chi connectivity index (χ2n) is 4.48. The minimum absolute atomic E-state index is 0.296. The molecule has 0 spiro atoms. The normalized spacial score (nSPS) is 14.7. The number of phenols is 1. The predicted molar refractivity (Wildman–Crippen MR) is 65.3 cm³/mol. The molecule has 0 aliphatic rings. The molecule has 0 aliphatic heterocycles. The van der Waals surface area contributed by atoms with Crippen molar-refractivity contribution < 1.29 is 10.2 Å². The van der Waals surface area contributed by atoms with Gasteiger partial charge in [-0.25, -0.2) is 0 Å². The number of benzene rings is 1. The fraction of sp³-hybridized carbons (Fsp3) is 0.538. The lowest BCUT2D eigenvalue weighted by atomic mass is 10.0. The molecule has 16 heavy (non-hydrogen) atoms. The van der Waals surface area contributed by atoms with Gasteiger partial charge in [-0.2, -0.15) is 0 Å². The molecule has 3 N–H and O–H groups in total. The van der Waals surface area contributed by atoms with Gasteiger partial charge in [-0.15, -0.1) is 0 Å². The monoisotopic (exact) mass is 223 g/mol. The summed E-state index contributed by atoms with van der Waals surface area (Å²) in [4.78, 5) is 0. The Bertz CT molecular complexity index is 323. The summed E-state index contributed by atoms with van der Waals surface area (Å²) in [6.45, 7) is 4.99. The molecule has 0 aromatic heterocycles. The van der Waals surface area contributed by atoms with Gasteiger partial charge in [0.25, 0.3) is 0 Å². The average Bonchev–Trinajstić information content (AvgIpc) is 2.20. The first kappa shape index (κ1) is 13.0. The van der Waals surface area contributed by atoms with Crippen LogP contribution in [-0.2, 0) is 6.54 Å². The van der Waals surface area contributed by atoms with Gasteiger partial charge in [-0.1, -0.05) is 31.5 Å². The molecule has 1 unspecified atom stereocenters. The molecule has 90 valence electrons. The van der Waals surface area contributed by atoms with Gasteiger partial charge in [0.05, 0.1) is 5.60 Å². The molecule has 1 aromatic rings. The summed E-state index contributed by atoms with van der Waals surface area (Å²) in [6.07, 6.45) is 1.74. The first-order chi connectivity index (χ1) is 7.55. The number of hydrogen-bond acceptors (Lipinski definition) is 3. The highest BCUT2D eigenvalue weighted by Gasteiger charge is 2.18. The minimum Gasteiger partial charge on any atom is -0.508 e. The van der Waals surface area contributed by atoms with Gasteiger partial charge >= 0.3 is 0 Å². The molecule has 1 rings (SSSR count). The van der Waals surface area contributed by atoms with E-state index in [1.165, 1.54) is 0 Å². The number of aliphatic hydroxyl groups is 1. The van der Waals surface area contributed by atoms with E-state index in [9.17, 15) is 10.2 Å². The number of rotatable bonds is 6. The molecule has 0 saturated carbocycles. The van der Waals surface area contributed by atoms with Crippen LogP contribution in [-0.4, -0.2) is 22.4 Å². The molecule has 0 amide bonds. The van der Waals surface area contributed by atoms with Crippen molar-refractivity contribution in [2.75, 3.05) is 6.54 Å². The number of hydrogen-bond donors (Lipinski definition) is 3. The summed E-state index contributed by atoms with van der Waals surface area (Å²) in [5.74, 6) is 0.296. The largest absolute Gasteiger partial charge is 0.508 e. The van der Waals surface area contributed by atoms with Crippen molar-refractivity contribution in [1.29, 1.82) is 0 Å². The second-order valence-corrected chi connectivity index (χ2v) is 4.48. The summed E-state index contributed by atoms with van der Waals surface area (Å²) in [5.41, 5.74) is 0.189. The minimum atomic E-state index is -0.668. The summed E-state index contributed by atoms with van der Waals surface area (Å²) in [6, 6.07) is 7.23. The zero-order chi connectivity index (χ0) is 12.0. The van der Waals surface area contributed by atoms with Crippen LogP contribution < -0.4 is 5.32 Å². The molecule has 0 bridgehead atoms. The highest BCUT2D eigenvalue weighted by molar-refractivity contribution is 5.31. The molecule has 1 aromatic carbocycles. The van der Waals surface area contributed by atoms with Crippen molar-refractivity contribution >= 4 is 0 Å². The number of phenolic OH excluding ortho intramolecular Hbond substituents is 1. The highest BCUT2D eigenvalue weighted by atomic mass is 16.3. The van der Waals surface area contributed by atoms with Gasteiger partial charge in [-0.05, 0) is 19.4 Å². The van der Waals surface area contributed by atoms with Crippen LogP contribution in [0.2, 0.25) is 0 Å². The SMILES string of the molecule is CCCC(C)(O)CNCc1ccccc1O. The maximum absolute atomic E-state index is 9.94. The van der Waals surface area contributed by atoms with Crippen molar-refractivity contribution in [3.05, 3.63) is 29.8 Å². The van der Waals surface area contributed by atoms with E-state index < -0.39 is 5.60 Å². The third-order valence-corrected chi connectivity index (χ3v) is 2.60. The van der Waals surface area contributed by atoms with Crippen molar-refractivity contribution in [3.8, 4) is 5.75 Å². The first-order valence-electron chi connectivity index (χ1n) is 5.75. The van der Waals surface area contributed by atoms with Crippen LogP contribution in [0.25, 0.3) is 0 Å². The van der Waals surface area contributed by atoms with E-state index in [1.54, 1.807) is 12.1 Å². The molecular weight excluding hydrogens is 202 g/mol. The van der Waals surface area contributed by atoms with E-state index in [-0.39, 0.29) is 0 Å². The van der Waals surface area contributed by atoms with Gasteiger partial charge < -0.3 is 15.5 Å². The summed E-state index contributed by atoms with van der Waals surface area (Å²) < 4.78 is 0. The molecule has 0 aliphatic carbocycles. The molecule has 0 saturated heterocycles. The summed E-state index contributed by atoms with van der Waals surface area (Å²) in [7, 11) is 0. The van der Waals surface area contributed by atoms with Crippen molar-refractivity contribution in [2.45, 2.75) is 38.8 Å². The standard InChI is InChI=1S/C13H21NO2/c1-3-8-13(2,16)10-14-9-11-6-4-5-7-12(11)15/h4-7,14-16H,3,8-10H2,1-2H3. The highest BCUT2D eigenvalue weighted by Crippen LogP contribution is 2.16. The maximum atomic E-state index is 9.94. The third-order valence-electron chi connectivity index (χ3n) is 2.60. The number of nitrogens with one attached hydrogen (secondary N) is 1. The molecule has 0 fully saturated rings. The summed E-state index contributed by atoms with van der Waals surface area (Å²) >= 11 is 0. The van der Waals surface area contributed by atoms with E-state index in [0.717, 1.165) is 18.4 Å². The maximum Gasteiger partial charge on any atom is 0.120 e. The molecule has 0 heterocycles. The molecule has 3 nitrogen and oxygen atoms in total. The van der Waals surface area contributed by atoms with E-state index >= 15 is 0 Å². The Balaban J connectivity index is 2.39. The Kier molecular flexibility index (Phi) is 4.77. The lowest BCUT2D eigenvalue weighted by Gasteiger charge is -2.23. The number of aromatic hydroxyl groups is 1. The Labute approximate surface area is 97.1 Å². The van der Waals surface area contributed by atoms with Crippen molar-refractivity contribution in [1.82, 2.24) is 5.32 Å². The lowest BCUT2D eigenvalue weighted by molar-refractivity contribution is 0.0497. The lowest BCUT2D eigenvalue weighted by Crippen LogP contribution is -2.37. The van der Waals surface area contributed by atoms with Gasteiger partial charge in [0, 0.05) is 18.7 Å². The Hall–Kier alpha value is -1.06. The summed E-state index contributed by atoms with van der Waals surface area (Å²) in [5, 5.41) is 22.6. The molecular formula is C13H21NO2. The molecule has 0 radical (unpaired) electrons. The van der Waals surface area contributed by atoms with Crippen LogP contribution in [0.3, 0.4) is 0 Å². The number of para-hydroxylation sites is 1. The van der Waals surface area contributed by atoms with Crippen LogP contribution in [0.4, 0.5) is 0 Å². The molecule has 1 atom stereocenters. The zero-order valence-electron chi connectivity index (χ0n) is 10.0. The Morgan fingerprint density at radius 1 is 1.31 bits per heavy atom. The van der Waals surface area contributed by atoms with Crippen LogP contribution >= 0.6 is 0 Å².